The van der Waals surface area contributed by atoms with E-state index in [-0.39, 0.29) is 55.8 Å². The van der Waals surface area contributed by atoms with Crippen LogP contribution < -0.4 is 25.5 Å². The Labute approximate surface area is 387 Å². The van der Waals surface area contributed by atoms with E-state index >= 15 is 4.57 Å². The minimum absolute atomic E-state index is 0.0590. The van der Waals surface area contributed by atoms with Gasteiger partial charge in [0, 0.05) is 42.0 Å². The smallest absolute Gasteiger partial charge is 0.497 e. The summed E-state index contributed by atoms with van der Waals surface area (Å²) in [6, 6.07) is 31.3. The first-order valence-corrected chi connectivity index (χ1v) is 23.3. The molecule has 4 aromatic carbocycles. The van der Waals surface area contributed by atoms with Gasteiger partial charge in [-0.25, -0.2) is 9.36 Å². The van der Waals surface area contributed by atoms with Gasteiger partial charge in [0.15, 0.2) is 0 Å². The largest absolute Gasteiger partial charge is 0.568 e. The van der Waals surface area contributed by atoms with Gasteiger partial charge in [-0.1, -0.05) is 54.6 Å². The van der Waals surface area contributed by atoms with Crippen LogP contribution in [0.5, 0.6) is 17.2 Å². The summed E-state index contributed by atoms with van der Waals surface area (Å²) in [7, 11) is 1.79. The number of hydrogen-bond donors (Lipinski definition) is 1. The Morgan fingerprint density at radius 2 is 1.30 bits per heavy atom. The summed E-state index contributed by atoms with van der Waals surface area (Å²) in [5.74, 6) is 1.67. The number of amides is 1. The van der Waals surface area contributed by atoms with E-state index in [0.717, 1.165) is 21.3 Å². The number of ether oxygens (including phenoxy) is 5. The normalized spacial score (nSPS) is 17.7. The first-order valence-electron chi connectivity index (χ1n) is 22.1. The molecule has 15 nitrogen and oxygen atoms in total. The molecule has 2 heterocycles. The number of rotatable bonds is 21. The first kappa shape index (κ1) is 49.8. The third-order valence-corrected chi connectivity index (χ3v) is 13.2. The molecule has 0 spiro atoms. The summed E-state index contributed by atoms with van der Waals surface area (Å²) in [5, 5.41) is 1.83. The maximum atomic E-state index is 15.1. The van der Waals surface area contributed by atoms with Crippen LogP contribution in [0, 0.1) is 6.92 Å². The van der Waals surface area contributed by atoms with Crippen molar-refractivity contribution in [2.45, 2.75) is 96.3 Å². The second kappa shape index (κ2) is 21.8. The second-order valence-electron chi connectivity index (χ2n) is 17.0. The van der Waals surface area contributed by atoms with Crippen molar-refractivity contribution in [2.75, 3.05) is 41.1 Å². The van der Waals surface area contributed by atoms with Gasteiger partial charge >= 0.3 is 19.2 Å². The Morgan fingerprint density at radius 1 is 0.788 bits per heavy atom. The van der Waals surface area contributed by atoms with Crippen LogP contribution >= 0.6 is 8.03 Å². The summed E-state index contributed by atoms with van der Waals surface area (Å²) >= 11 is 0. The molecule has 1 amide bonds. The fourth-order valence-electron chi connectivity index (χ4n) is 8.29. The van der Waals surface area contributed by atoms with Crippen molar-refractivity contribution in [1.82, 2.24) is 19.5 Å². The van der Waals surface area contributed by atoms with Crippen LogP contribution in [0.4, 0.5) is 0 Å². The van der Waals surface area contributed by atoms with Gasteiger partial charge in [-0.05, 0) is 118 Å². The quantitative estimate of drug-likeness (QED) is 0.0430. The summed E-state index contributed by atoms with van der Waals surface area (Å²) in [4.78, 5) is 51.3. The fraction of sp³-hybridized carbons (Fsp3) is 0.420. The molecule has 6 rings (SSSR count). The average molecular weight is 926 g/mol. The highest BCUT2D eigenvalue weighted by atomic mass is 31.1. The zero-order chi connectivity index (χ0) is 47.8. The van der Waals surface area contributed by atoms with E-state index < -0.39 is 42.6 Å². The summed E-state index contributed by atoms with van der Waals surface area (Å²) in [6.45, 7) is 13.0. The zero-order valence-electron chi connectivity index (χ0n) is 39.4. The van der Waals surface area contributed by atoms with E-state index in [0.29, 0.717) is 22.8 Å². The SMILES string of the molecule is COc1ccc(C(=O)N(CCO[P+](=O)[C@]2(n3cc(C)c(=O)[nH]c3=O)C[C@H](ON(C(C)C)C(C)C)[C@@H](COC(c3ccccc3)(c3ccc(OC)cc3)c3ccc(OC)cc3)O2)C(C)C)cc1. The molecule has 66 heavy (non-hydrogen) atoms. The van der Waals surface area contributed by atoms with E-state index in [1.807, 2.05) is 125 Å². The number of hydroxylamine groups is 2. The predicted octanol–water partition coefficient (Wildman–Crippen LogP) is 8.01. The molecule has 0 bridgehead atoms. The highest BCUT2D eigenvalue weighted by Gasteiger charge is 2.65. The van der Waals surface area contributed by atoms with E-state index in [1.165, 1.54) is 6.20 Å². The van der Waals surface area contributed by atoms with Gasteiger partial charge in [0.25, 0.3) is 11.5 Å². The van der Waals surface area contributed by atoms with Gasteiger partial charge in [-0.3, -0.25) is 19.4 Å². The molecule has 5 aromatic rings. The summed E-state index contributed by atoms with van der Waals surface area (Å²) < 4.78 is 53.1. The van der Waals surface area contributed by atoms with E-state index in [4.69, 9.17) is 33.0 Å². The number of H-pyrrole nitrogens is 1. The van der Waals surface area contributed by atoms with Crippen LogP contribution in [0.15, 0.2) is 119 Å². The number of aromatic amines is 1. The maximum Gasteiger partial charge on any atom is 0.568 e. The number of aryl methyl sites for hydroxylation is 1. The lowest BCUT2D eigenvalue weighted by Gasteiger charge is -2.38. The average Bonchev–Trinajstić information content (AvgIpc) is 3.70. The van der Waals surface area contributed by atoms with Gasteiger partial charge in [-0.15, -0.1) is 4.52 Å². The van der Waals surface area contributed by atoms with Crippen molar-refractivity contribution >= 4 is 13.9 Å². The molecule has 1 aromatic heterocycles. The number of aromatic nitrogens is 2. The molecule has 1 saturated heterocycles. The van der Waals surface area contributed by atoms with Crippen molar-refractivity contribution in [3.8, 4) is 17.2 Å². The number of carbonyl (C=O) groups is 1. The zero-order valence-corrected chi connectivity index (χ0v) is 40.3. The fourth-order valence-corrected chi connectivity index (χ4v) is 9.61. The topological polar surface area (TPSA) is 160 Å². The lowest BCUT2D eigenvalue weighted by molar-refractivity contribution is -0.247. The molecule has 1 unspecified atom stereocenters. The number of hydrogen-bond acceptors (Lipinski definition) is 12. The molecule has 1 fully saturated rings. The number of nitrogens with zero attached hydrogens (tertiary/aromatic N) is 3. The lowest BCUT2D eigenvalue weighted by atomic mass is 9.80. The van der Waals surface area contributed by atoms with Crippen LogP contribution in [0.25, 0.3) is 0 Å². The minimum Gasteiger partial charge on any atom is -0.497 e. The van der Waals surface area contributed by atoms with E-state index in [9.17, 15) is 14.4 Å². The molecule has 1 aliphatic rings. The highest BCUT2D eigenvalue weighted by molar-refractivity contribution is 7.40. The Balaban J connectivity index is 1.44. The number of benzene rings is 4. The van der Waals surface area contributed by atoms with Crippen molar-refractivity contribution in [3.63, 3.8) is 0 Å². The van der Waals surface area contributed by atoms with Gasteiger partial charge in [0.2, 0.25) is 0 Å². The molecule has 1 aliphatic heterocycles. The Bertz CT molecular complexity index is 2460. The Morgan fingerprint density at radius 3 is 1.80 bits per heavy atom. The molecular weight excluding hydrogens is 864 g/mol. The molecule has 0 radical (unpaired) electrons. The lowest BCUT2D eigenvalue weighted by Crippen LogP contribution is -2.44. The molecule has 1 N–H and O–H groups in total. The maximum absolute atomic E-state index is 15.1. The van der Waals surface area contributed by atoms with Crippen LogP contribution in [0.2, 0.25) is 0 Å². The monoisotopic (exact) mass is 925 g/mol. The number of carbonyl (C=O) groups excluding carboxylic acids is 1. The summed E-state index contributed by atoms with van der Waals surface area (Å²) in [6.07, 6.45) is -0.688. The second-order valence-corrected chi connectivity index (χ2v) is 18.4. The van der Waals surface area contributed by atoms with Crippen LogP contribution in [-0.4, -0.2) is 96.8 Å². The van der Waals surface area contributed by atoms with Gasteiger partial charge in [0.1, 0.15) is 41.7 Å². The van der Waals surface area contributed by atoms with Crippen LogP contribution in [0.3, 0.4) is 0 Å². The molecule has 352 valence electrons. The molecule has 0 aliphatic carbocycles. The molecule has 4 atom stereocenters. The van der Waals surface area contributed by atoms with Crippen molar-refractivity contribution in [1.29, 1.82) is 0 Å². The van der Waals surface area contributed by atoms with Gasteiger partial charge in [0.05, 0.1) is 34.4 Å². The Hall–Kier alpha value is -5.67. The Kier molecular flexibility index (Phi) is 16.4. The van der Waals surface area contributed by atoms with Crippen molar-refractivity contribution in [3.05, 3.63) is 158 Å². The van der Waals surface area contributed by atoms with E-state index in [2.05, 4.69) is 4.98 Å². The minimum atomic E-state index is -2.97. The van der Waals surface area contributed by atoms with Crippen molar-refractivity contribution in [2.24, 2.45) is 0 Å². The van der Waals surface area contributed by atoms with Gasteiger partial charge in [-0.2, -0.15) is 5.06 Å². The third-order valence-electron chi connectivity index (χ3n) is 11.7. The van der Waals surface area contributed by atoms with Crippen LogP contribution in [0.1, 0.15) is 80.6 Å². The third kappa shape index (κ3) is 10.6. The number of nitrogens with one attached hydrogen (secondary N) is 1. The number of methoxy groups -OCH3 is 3. The first-order chi connectivity index (χ1) is 31.6. The van der Waals surface area contributed by atoms with Gasteiger partial charge < -0.3 is 28.6 Å². The summed E-state index contributed by atoms with van der Waals surface area (Å²) in [5.41, 5.74) is -1.77. The highest BCUT2D eigenvalue weighted by Crippen LogP contribution is 2.54. The van der Waals surface area contributed by atoms with Crippen LogP contribution in [-0.2, 0) is 34.5 Å². The molecular formula is C50H62N4O11P+. The van der Waals surface area contributed by atoms with Crippen molar-refractivity contribution < 1.29 is 42.4 Å². The predicted molar refractivity (Wildman–Crippen MR) is 251 cm³/mol. The molecule has 0 saturated carbocycles. The molecule has 16 heteroatoms. The standard InChI is InChI=1S/C50H61N4O11P/c1-33(2)52(47(56)37-16-22-41(59-8)23-17-37)28-29-63-66(58)49(53-31-36(7)46(55)51-48(53)57)30-44(65-54(34(3)4)35(5)6)45(64-49)32-62-50(38-14-12-11-13-15-38,39-18-24-42(60-9)25-19-39)40-20-26-43(61-10)27-21-40/h11-27,31,33-35,44-45H,28-30,32H2,1-10H3/p+1/t44-,45+,49-/m0/s1. The van der Waals surface area contributed by atoms with E-state index in [1.54, 1.807) is 57.4 Å².